The highest BCUT2D eigenvalue weighted by molar-refractivity contribution is 7.18. The number of hydrogen-bond donors (Lipinski definition) is 2. The average molecular weight is 496 g/mol. The minimum Gasteiger partial charge on any atom is -0.379 e. The number of anilines is 1. The fourth-order valence-corrected chi connectivity index (χ4v) is 5.47. The third-order valence-corrected chi connectivity index (χ3v) is 7.58. The maximum atomic E-state index is 13.3. The molecule has 6 nitrogen and oxygen atoms in total. The minimum absolute atomic E-state index is 0.0364. The van der Waals surface area contributed by atoms with Crippen LogP contribution in [0.2, 0.25) is 5.02 Å². The van der Waals surface area contributed by atoms with Crippen LogP contribution in [-0.2, 0) is 4.74 Å². The Kier molecular flexibility index (Phi) is 9.26. The Morgan fingerprint density at radius 1 is 1.18 bits per heavy atom. The van der Waals surface area contributed by atoms with Gasteiger partial charge in [0.1, 0.15) is 5.82 Å². The van der Waals surface area contributed by atoms with Crippen molar-refractivity contribution in [3.63, 3.8) is 0 Å². The molecule has 2 N–H and O–H groups in total. The largest absolute Gasteiger partial charge is 0.379 e. The summed E-state index contributed by atoms with van der Waals surface area (Å²) in [6.07, 6.45) is 2.10. The second kappa shape index (κ2) is 11.9. The molecule has 0 bridgehead atoms. The Balaban J connectivity index is 1.66. The standard InChI is InChI=1S/C24H31ClFN3O3S/c1-4-16(5-2)20(29-8-10-32-11-9-29)14-27-24(31)22-15(3)12-21(33-22)28-23(30)18-7-6-17(26)13-19(18)25/h6-7,12-13,16,20H,4-5,8-11,14H2,1-3H3,(H,27,31)(H,28,30). The molecule has 33 heavy (non-hydrogen) atoms. The van der Waals surface area contributed by atoms with Crippen molar-refractivity contribution in [2.45, 2.75) is 39.7 Å². The number of carbonyl (C=O) groups excluding carboxylic acids is 2. The molecule has 2 aromatic rings. The summed E-state index contributed by atoms with van der Waals surface area (Å²) in [6.45, 7) is 9.96. The van der Waals surface area contributed by atoms with E-state index in [1.807, 2.05) is 6.92 Å². The first-order valence-corrected chi connectivity index (χ1v) is 12.5. The first-order chi connectivity index (χ1) is 15.8. The van der Waals surface area contributed by atoms with E-state index in [0.29, 0.717) is 22.3 Å². The van der Waals surface area contributed by atoms with Gasteiger partial charge in [0, 0.05) is 25.7 Å². The molecule has 1 atom stereocenters. The number of thiophene rings is 1. The minimum atomic E-state index is -0.508. The van der Waals surface area contributed by atoms with E-state index < -0.39 is 11.7 Å². The van der Waals surface area contributed by atoms with Gasteiger partial charge in [-0.05, 0) is 42.7 Å². The second-order valence-electron chi connectivity index (χ2n) is 8.20. The highest BCUT2D eigenvalue weighted by atomic mass is 35.5. The Morgan fingerprint density at radius 3 is 2.52 bits per heavy atom. The molecule has 1 fully saturated rings. The molecule has 1 aliphatic heterocycles. The molecule has 1 unspecified atom stereocenters. The maximum absolute atomic E-state index is 13.3. The van der Waals surface area contributed by atoms with E-state index in [4.69, 9.17) is 16.3 Å². The van der Waals surface area contributed by atoms with Gasteiger partial charge in [0.15, 0.2) is 0 Å². The molecule has 9 heteroatoms. The smallest absolute Gasteiger partial charge is 0.261 e. The van der Waals surface area contributed by atoms with E-state index in [9.17, 15) is 14.0 Å². The summed E-state index contributed by atoms with van der Waals surface area (Å²) in [7, 11) is 0. The zero-order valence-electron chi connectivity index (χ0n) is 19.2. The lowest BCUT2D eigenvalue weighted by Crippen LogP contribution is -2.52. The van der Waals surface area contributed by atoms with E-state index in [1.54, 1.807) is 6.07 Å². The Morgan fingerprint density at radius 2 is 1.88 bits per heavy atom. The Labute approximate surface area is 203 Å². The van der Waals surface area contributed by atoms with E-state index >= 15 is 0 Å². The van der Waals surface area contributed by atoms with Gasteiger partial charge < -0.3 is 15.4 Å². The molecule has 2 amide bonds. The summed E-state index contributed by atoms with van der Waals surface area (Å²) in [5, 5.41) is 6.44. The number of amides is 2. The normalized spacial score (nSPS) is 15.5. The number of morpholine rings is 1. The van der Waals surface area contributed by atoms with Crippen LogP contribution < -0.4 is 10.6 Å². The number of rotatable bonds is 9. The van der Waals surface area contributed by atoms with Crippen molar-refractivity contribution in [2.75, 3.05) is 38.2 Å². The van der Waals surface area contributed by atoms with Crippen molar-refractivity contribution in [1.29, 1.82) is 0 Å². The SMILES string of the molecule is CCC(CC)C(CNC(=O)c1sc(NC(=O)c2ccc(F)cc2Cl)cc1C)N1CCOCC1. The fraction of sp³-hybridized carbons (Fsp3) is 0.500. The quantitative estimate of drug-likeness (QED) is 0.515. The van der Waals surface area contributed by atoms with Crippen molar-refractivity contribution in [3.05, 3.63) is 51.1 Å². The van der Waals surface area contributed by atoms with E-state index in [-0.39, 0.29) is 22.5 Å². The second-order valence-corrected chi connectivity index (χ2v) is 9.66. The van der Waals surface area contributed by atoms with Crippen LogP contribution in [0.15, 0.2) is 24.3 Å². The lowest BCUT2D eigenvalue weighted by atomic mass is 9.92. The molecule has 3 rings (SSSR count). The van der Waals surface area contributed by atoms with E-state index in [0.717, 1.165) is 50.8 Å². The molecule has 1 aromatic carbocycles. The number of carbonyl (C=O) groups is 2. The predicted molar refractivity (Wildman–Crippen MR) is 131 cm³/mol. The molecule has 2 heterocycles. The highest BCUT2D eigenvalue weighted by Crippen LogP contribution is 2.28. The molecule has 0 spiro atoms. The summed E-state index contributed by atoms with van der Waals surface area (Å²) in [5.41, 5.74) is 0.956. The van der Waals surface area contributed by atoms with Crippen molar-refractivity contribution in [3.8, 4) is 0 Å². The van der Waals surface area contributed by atoms with Crippen molar-refractivity contribution >= 4 is 39.8 Å². The van der Waals surface area contributed by atoms with Gasteiger partial charge in [0.05, 0.1) is 33.7 Å². The van der Waals surface area contributed by atoms with Gasteiger partial charge in [-0.15, -0.1) is 11.3 Å². The van der Waals surface area contributed by atoms with E-state index in [2.05, 4.69) is 29.4 Å². The van der Waals surface area contributed by atoms with Crippen LogP contribution in [-0.4, -0.2) is 55.6 Å². The zero-order valence-corrected chi connectivity index (χ0v) is 20.8. The van der Waals surface area contributed by atoms with Crippen LogP contribution in [0.25, 0.3) is 0 Å². The number of nitrogens with one attached hydrogen (secondary N) is 2. The average Bonchev–Trinajstić information content (AvgIpc) is 3.16. The number of nitrogens with zero attached hydrogens (tertiary/aromatic N) is 1. The predicted octanol–water partition coefficient (Wildman–Crippen LogP) is 4.97. The lowest BCUT2D eigenvalue weighted by Gasteiger charge is -2.38. The number of benzene rings is 1. The number of halogens is 2. The van der Waals surface area contributed by atoms with Crippen molar-refractivity contribution < 1.29 is 18.7 Å². The third kappa shape index (κ3) is 6.53. The first kappa shape index (κ1) is 25.6. The number of aryl methyl sites for hydroxylation is 1. The maximum Gasteiger partial charge on any atom is 0.261 e. The zero-order chi connectivity index (χ0) is 24.0. The monoisotopic (exact) mass is 495 g/mol. The Bertz CT molecular complexity index is 974. The molecule has 0 radical (unpaired) electrons. The van der Waals surface area contributed by atoms with Crippen LogP contribution in [0.3, 0.4) is 0 Å². The summed E-state index contributed by atoms with van der Waals surface area (Å²) in [6, 6.07) is 5.64. The summed E-state index contributed by atoms with van der Waals surface area (Å²) < 4.78 is 18.8. The van der Waals surface area contributed by atoms with Gasteiger partial charge in [-0.3, -0.25) is 14.5 Å². The van der Waals surface area contributed by atoms with Gasteiger partial charge in [0.25, 0.3) is 11.8 Å². The van der Waals surface area contributed by atoms with Gasteiger partial charge >= 0.3 is 0 Å². The first-order valence-electron chi connectivity index (χ1n) is 11.3. The summed E-state index contributed by atoms with van der Waals surface area (Å²) >= 11 is 7.20. The fourth-order valence-electron chi connectivity index (χ4n) is 4.24. The van der Waals surface area contributed by atoms with Gasteiger partial charge in [-0.1, -0.05) is 38.3 Å². The van der Waals surface area contributed by atoms with Crippen molar-refractivity contribution in [1.82, 2.24) is 10.2 Å². The molecule has 1 aliphatic rings. The van der Waals surface area contributed by atoms with Gasteiger partial charge in [-0.25, -0.2) is 4.39 Å². The van der Waals surface area contributed by atoms with Crippen LogP contribution >= 0.6 is 22.9 Å². The molecular weight excluding hydrogens is 465 g/mol. The molecule has 0 aliphatic carbocycles. The third-order valence-electron chi connectivity index (χ3n) is 6.12. The van der Waals surface area contributed by atoms with Crippen LogP contribution in [0.5, 0.6) is 0 Å². The number of hydrogen-bond acceptors (Lipinski definition) is 5. The van der Waals surface area contributed by atoms with Gasteiger partial charge in [-0.2, -0.15) is 0 Å². The molecule has 0 saturated carbocycles. The lowest BCUT2D eigenvalue weighted by molar-refractivity contribution is 0.00192. The molecule has 1 saturated heterocycles. The topological polar surface area (TPSA) is 70.7 Å². The summed E-state index contributed by atoms with van der Waals surface area (Å²) in [5.74, 6) is -0.620. The summed E-state index contributed by atoms with van der Waals surface area (Å²) in [4.78, 5) is 28.5. The van der Waals surface area contributed by atoms with Crippen LogP contribution in [0.4, 0.5) is 9.39 Å². The van der Waals surface area contributed by atoms with Crippen LogP contribution in [0.1, 0.15) is 52.3 Å². The Hall–Kier alpha value is -2.00. The van der Waals surface area contributed by atoms with E-state index in [1.165, 1.54) is 23.5 Å². The molecule has 180 valence electrons. The van der Waals surface area contributed by atoms with Crippen molar-refractivity contribution in [2.24, 2.45) is 5.92 Å². The highest BCUT2D eigenvalue weighted by Gasteiger charge is 2.28. The molecule has 1 aromatic heterocycles. The molecular formula is C24H31ClFN3O3S. The van der Waals surface area contributed by atoms with Crippen LogP contribution in [0, 0.1) is 18.7 Å². The van der Waals surface area contributed by atoms with Gasteiger partial charge in [0.2, 0.25) is 0 Å². The number of ether oxygens (including phenoxy) is 1.